The van der Waals surface area contributed by atoms with Crippen molar-refractivity contribution in [2.45, 2.75) is 125 Å². The number of ether oxygens (including phenoxy) is 2. The standard InChI is InChI=1S/C43H74N12O7S2/c1-2-3-14-35(56)50-21-23-61-25-26-62-24-22-55(27-38(59)48-19-10-8-17-46-36(57)15-6-4-12-33-40-31(29-63-33)51-42(44)53-40)28-39(60)49-20-11-9-18-47-37(58)16-7-5-13-34-41-32(30-64-34)52-43(45)54-41/h1,31-34,40-41H,3-30H2,(H,46,57)(H,47,58)(H,48,59)(H,49,60)(H,50,56)(H3,44,51,53)(H3,45,52,54)/t31-,32-,33-,34-,40-,41-/m0/s1. The van der Waals surface area contributed by atoms with Gasteiger partial charge in [-0.3, -0.25) is 28.9 Å². The van der Waals surface area contributed by atoms with E-state index in [9.17, 15) is 24.0 Å². The number of aliphatic imine (C=N–C) groups is 2. The lowest BCUT2D eigenvalue weighted by atomic mass is 10.0. The summed E-state index contributed by atoms with van der Waals surface area (Å²) in [6.07, 6.45) is 15.4. The van der Waals surface area contributed by atoms with Gasteiger partial charge in [0.05, 0.1) is 63.7 Å². The monoisotopic (exact) mass is 935 g/mol. The van der Waals surface area contributed by atoms with E-state index in [4.69, 9.17) is 27.4 Å². The van der Waals surface area contributed by atoms with Gasteiger partial charge in [0, 0.05) is 87.0 Å². The number of hydrogen-bond donors (Lipinski definition) is 9. The van der Waals surface area contributed by atoms with Gasteiger partial charge in [0.2, 0.25) is 29.5 Å². The lowest BCUT2D eigenvalue weighted by Gasteiger charge is -2.21. The number of unbranched alkanes of at least 4 members (excludes halogenated alkanes) is 4. The third kappa shape index (κ3) is 21.3. The van der Waals surface area contributed by atoms with Crippen LogP contribution in [0, 0.1) is 12.3 Å². The van der Waals surface area contributed by atoms with Crippen LogP contribution in [0.15, 0.2) is 9.98 Å². The average Bonchev–Trinajstić information content (AvgIpc) is 4.03. The molecule has 19 nitrogen and oxygen atoms in total. The smallest absolute Gasteiger partial charge is 0.234 e. The van der Waals surface area contributed by atoms with Gasteiger partial charge in [-0.05, 0) is 51.4 Å². The molecule has 64 heavy (non-hydrogen) atoms. The Morgan fingerprint density at radius 1 is 0.609 bits per heavy atom. The van der Waals surface area contributed by atoms with E-state index in [0.29, 0.717) is 126 Å². The molecular weight excluding hydrogens is 861 g/mol. The van der Waals surface area contributed by atoms with Crippen molar-refractivity contribution in [3.63, 3.8) is 0 Å². The highest BCUT2D eigenvalue weighted by Gasteiger charge is 2.41. The Kier molecular flexibility index (Phi) is 25.5. The number of carbonyl (C=O) groups excluding carboxylic acids is 5. The normalized spacial score (nSPS) is 21.8. The van der Waals surface area contributed by atoms with E-state index < -0.39 is 0 Å². The molecule has 0 spiro atoms. The van der Waals surface area contributed by atoms with E-state index in [1.165, 1.54) is 0 Å². The minimum absolute atomic E-state index is 0.0206. The Morgan fingerprint density at radius 3 is 1.53 bits per heavy atom. The van der Waals surface area contributed by atoms with Crippen molar-refractivity contribution < 1.29 is 33.4 Å². The number of guanidine groups is 2. The highest BCUT2D eigenvalue weighted by atomic mass is 32.2. The molecule has 6 atom stereocenters. The fraction of sp³-hybridized carbons (Fsp3) is 0.791. The van der Waals surface area contributed by atoms with Gasteiger partial charge in [0.15, 0.2) is 11.9 Å². The van der Waals surface area contributed by atoms with Gasteiger partial charge in [-0.15, -0.1) is 12.3 Å². The molecule has 0 radical (unpaired) electrons. The summed E-state index contributed by atoms with van der Waals surface area (Å²) < 4.78 is 11.2. The zero-order valence-electron chi connectivity index (χ0n) is 37.5. The summed E-state index contributed by atoms with van der Waals surface area (Å²) in [5.74, 6) is 5.11. The maximum Gasteiger partial charge on any atom is 0.234 e. The van der Waals surface area contributed by atoms with Gasteiger partial charge in [-0.25, -0.2) is 9.98 Å². The van der Waals surface area contributed by atoms with Crippen LogP contribution in [0.5, 0.6) is 0 Å². The molecule has 0 bridgehead atoms. The van der Waals surface area contributed by atoms with Crippen LogP contribution in [0.25, 0.3) is 0 Å². The summed E-state index contributed by atoms with van der Waals surface area (Å²) in [6.45, 7) is 4.05. The van der Waals surface area contributed by atoms with E-state index in [1.807, 2.05) is 23.5 Å². The number of nitrogens with two attached hydrogens (primary N) is 2. The molecule has 21 heteroatoms. The largest absolute Gasteiger partial charge is 0.378 e. The molecule has 4 aliphatic rings. The van der Waals surface area contributed by atoms with Crippen LogP contribution >= 0.6 is 23.5 Å². The molecular formula is C43H74N12O7S2. The Balaban J connectivity index is 1.02. The predicted octanol–water partition coefficient (Wildman–Crippen LogP) is -0.462. The van der Waals surface area contributed by atoms with Crippen LogP contribution in [0.4, 0.5) is 0 Å². The van der Waals surface area contributed by atoms with Crippen molar-refractivity contribution >= 4 is 65.0 Å². The van der Waals surface area contributed by atoms with Crippen molar-refractivity contribution in [2.75, 3.05) is 90.3 Å². The van der Waals surface area contributed by atoms with E-state index >= 15 is 0 Å². The number of amides is 5. The van der Waals surface area contributed by atoms with Gasteiger partial charge in [-0.1, -0.05) is 12.8 Å². The number of thioether (sulfide) groups is 2. The molecule has 11 N–H and O–H groups in total. The molecule has 2 fully saturated rings. The third-order valence-corrected chi connectivity index (χ3v) is 14.3. The highest BCUT2D eigenvalue weighted by molar-refractivity contribution is 8.00. The van der Waals surface area contributed by atoms with Gasteiger partial charge >= 0.3 is 0 Å². The van der Waals surface area contributed by atoms with Crippen molar-refractivity contribution in [1.29, 1.82) is 0 Å². The molecule has 360 valence electrons. The summed E-state index contributed by atoms with van der Waals surface area (Å²) in [6, 6.07) is 1.17. The highest BCUT2D eigenvalue weighted by Crippen LogP contribution is 2.36. The van der Waals surface area contributed by atoms with Crippen LogP contribution in [-0.2, 0) is 33.4 Å². The maximum atomic E-state index is 12.9. The Morgan fingerprint density at radius 2 is 1.05 bits per heavy atom. The second-order valence-electron chi connectivity index (χ2n) is 16.6. The summed E-state index contributed by atoms with van der Waals surface area (Å²) in [4.78, 5) is 72.9. The van der Waals surface area contributed by atoms with Crippen molar-refractivity contribution in [3.8, 4) is 12.3 Å². The number of hydrogen-bond acceptors (Lipinski definition) is 16. The SMILES string of the molecule is C#CCCC(=O)NCCOCCOCCN(CC(=O)NCCCCNC(=O)CCCC[C@@H]1SC[C@@H]2NC(N)=N[C@@H]21)CC(=O)NCCCCNC(=O)CCCC[C@@H]1SC[C@@H]2NC(N)=N[C@@H]21. The number of terminal acetylenes is 1. The first-order valence-corrected chi connectivity index (χ1v) is 25.3. The molecule has 4 aliphatic heterocycles. The van der Waals surface area contributed by atoms with Crippen LogP contribution in [0.3, 0.4) is 0 Å². The molecule has 0 aromatic carbocycles. The molecule has 5 amide bonds. The summed E-state index contributed by atoms with van der Waals surface area (Å²) >= 11 is 3.86. The zero-order chi connectivity index (χ0) is 45.8. The second kappa shape index (κ2) is 31.0. The summed E-state index contributed by atoms with van der Waals surface area (Å²) in [7, 11) is 0. The van der Waals surface area contributed by atoms with Crippen molar-refractivity contribution in [2.24, 2.45) is 21.5 Å². The number of carbonyl (C=O) groups is 5. The second-order valence-corrected chi connectivity index (χ2v) is 19.1. The quantitative estimate of drug-likeness (QED) is 0.0288. The van der Waals surface area contributed by atoms with Gasteiger partial charge < -0.3 is 58.2 Å². The first kappa shape index (κ1) is 52.7. The molecule has 0 aliphatic carbocycles. The number of nitrogens with zero attached hydrogens (tertiary/aromatic N) is 3. The molecule has 4 heterocycles. The molecule has 0 saturated carbocycles. The van der Waals surface area contributed by atoms with Gasteiger partial charge in [-0.2, -0.15) is 23.5 Å². The lowest BCUT2D eigenvalue weighted by Crippen LogP contribution is -2.44. The molecule has 4 rings (SSSR count). The topological polar surface area (TPSA) is 268 Å². The van der Waals surface area contributed by atoms with Crippen molar-refractivity contribution in [1.82, 2.24) is 42.1 Å². The first-order valence-electron chi connectivity index (χ1n) is 23.2. The van der Waals surface area contributed by atoms with E-state index in [0.717, 1.165) is 62.9 Å². The number of nitrogens with one attached hydrogen (secondary N) is 7. The third-order valence-electron chi connectivity index (χ3n) is 11.3. The van der Waals surface area contributed by atoms with Gasteiger partial charge in [0.1, 0.15) is 0 Å². The minimum atomic E-state index is -0.203. The van der Waals surface area contributed by atoms with E-state index in [-0.39, 0.29) is 67.7 Å². The lowest BCUT2D eigenvalue weighted by molar-refractivity contribution is -0.126. The van der Waals surface area contributed by atoms with Crippen LogP contribution in [0.2, 0.25) is 0 Å². The number of fused-ring (bicyclic) bond motifs is 2. The van der Waals surface area contributed by atoms with Crippen molar-refractivity contribution in [3.05, 3.63) is 0 Å². The summed E-state index contributed by atoms with van der Waals surface area (Å²) in [5, 5.41) is 21.9. The fourth-order valence-corrected chi connectivity index (χ4v) is 10.9. The van der Waals surface area contributed by atoms with Gasteiger partial charge in [0.25, 0.3) is 0 Å². The molecule has 0 aromatic rings. The first-order chi connectivity index (χ1) is 31.1. The van der Waals surface area contributed by atoms with Crippen LogP contribution in [0.1, 0.15) is 89.9 Å². The number of rotatable bonds is 35. The maximum absolute atomic E-state index is 12.9. The average molecular weight is 935 g/mol. The van der Waals surface area contributed by atoms with E-state index in [1.54, 1.807) is 4.90 Å². The molecule has 0 unspecified atom stereocenters. The zero-order valence-corrected chi connectivity index (χ0v) is 39.1. The van der Waals surface area contributed by atoms with Crippen LogP contribution in [-0.4, -0.2) is 171 Å². The Hall–Kier alpha value is -3.97. The fourth-order valence-electron chi connectivity index (χ4n) is 7.89. The molecule has 0 aromatic heterocycles. The molecule has 2 saturated heterocycles. The van der Waals surface area contributed by atoms with E-state index in [2.05, 4.69) is 53.1 Å². The summed E-state index contributed by atoms with van der Waals surface area (Å²) in [5.41, 5.74) is 11.7. The van der Waals surface area contributed by atoms with Crippen LogP contribution < -0.4 is 48.7 Å². The Labute approximate surface area is 387 Å². The minimum Gasteiger partial charge on any atom is -0.378 e. The predicted molar refractivity (Wildman–Crippen MR) is 254 cm³/mol. The Bertz CT molecular complexity index is 1480.